The zero-order valence-electron chi connectivity index (χ0n) is 7.72. The average Bonchev–Trinajstić information content (AvgIpc) is 2.01. The Hall–Kier alpha value is -1.09. The minimum absolute atomic E-state index is 0.0469. The number of carbonyl (C=O) groups is 1. The summed E-state index contributed by atoms with van der Waals surface area (Å²) in [4.78, 5) is 11.0. The molecule has 1 rings (SSSR count). The van der Waals surface area contributed by atoms with Gasteiger partial charge >= 0.3 is 5.97 Å². The number of carbonyl (C=O) groups excluding carboxylic acids is 1. The maximum atomic E-state index is 12.8. The van der Waals surface area contributed by atoms with E-state index < -0.39 is 5.82 Å². The van der Waals surface area contributed by atoms with Crippen LogP contribution in [0.4, 0.5) is 4.39 Å². The van der Waals surface area contributed by atoms with E-state index in [1.165, 1.54) is 12.1 Å². The molecule has 1 aromatic carbocycles. The van der Waals surface area contributed by atoms with Crippen LogP contribution in [0.25, 0.3) is 0 Å². The third-order valence-electron chi connectivity index (χ3n) is 1.58. The van der Waals surface area contributed by atoms with Gasteiger partial charge in [0, 0.05) is 5.02 Å². The van der Waals surface area contributed by atoms with Crippen LogP contribution in [0.1, 0.15) is 12.5 Å². The van der Waals surface area contributed by atoms with Gasteiger partial charge in [0.1, 0.15) is 5.82 Å². The van der Waals surface area contributed by atoms with Crippen molar-refractivity contribution >= 4 is 17.6 Å². The molecule has 0 N–H and O–H groups in total. The maximum absolute atomic E-state index is 12.8. The van der Waals surface area contributed by atoms with E-state index in [9.17, 15) is 9.18 Å². The Labute approximate surface area is 86.6 Å². The van der Waals surface area contributed by atoms with Gasteiger partial charge in [-0.05, 0) is 30.7 Å². The normalized spacial score (nSPS) is 9.93. The van der Waals surface area contributed by atoms with Gasteiger partial charge in [-0.1, -0.05) is 11.6 Å². The minimum Gasteiger partial charge on any atom is -0.466 e. The molecule has 0 bridgehead atoms. The van der Waals surface area contributed by atoms with Gasteiger partial charge in [-0.15, -0.1) is 0 Å². The van der Waals surface area contributed by atoms with Crippen molar-refractivity contribution in [3.05, 3.63) is 34.6 Å². The van der Waals surface area contributed by atoms with Crippen LogP contribution >= 0.6 is 11.6 Å². The van der Waals surface area contributed by atoms with E-state index >= 15 is 0 Å². The average molecular weight is 217 g/mol. The SMILES string of the molecule is CCOC(=O)Cc1cc(F)cc(Cl)c1. The van der Waals surface area contributed by atoms with Gasteiger partial charge in [0.15, 0.2) is 0 Å². The summed E-state index contributed by atoms with van der Waals surface area (Å²) in [5.74, 6) is -0.828. The Morgan fingerprint density at radius 1 is 1.50 bits per heavy atom. The summed E-state index contributed by atoms with van der Waals surface area (Å²) in [7, 11) is 0. The van der Waals surface area contributed by atoms with Crippen molar-refractivity contribution in [2.24, 2.45) is 0 Å². The molecule has 0 atom stereocenters. The van der Waals surface area contributed by atoms with Gasteiger partial charge in [-0.3, -0.25) is 4.79 Å². The molecule has 0 spiro atoms. The molecule has 0 aliphatic heterocycles. The molecule has 0 saturated carbocycles. The monoisotopic (exact) mass is 216 g/mol. The predicted molar refractivity (Wildman–Crippen MR) is 51.7 cm³/mol. The summed E-state index contributed by atoms with van der Waals surface area (Å²) >= 11 is 5.62. The third-order valence-corrected chi connectivity index (χ3v) is 1.79. The molecule has 4 heteroatoms. The Balaban J connectivity index is 2.71. The van der Waals surface area contributed by atoms with E-state index in [1.54, 1.807) is 13.0 Å². The molecule has 14 heavy (non-hydrogen) atoms. The summed E-state index contributed by atoms with van der Waals surface area (Å²) in [5.41, 5.74) is 0.522. The molecule has 0 aromatic heterocycles. The number of ether oxygens (including phenoxy) is 1. The number of benzene rings is 1. The van der Waals surface area contributed by atoms with Crippen molar-refractivity contribution in [1.29, 1.82) is 0 Å². The second-order valence-corrected chi connectivity index (χ2v) is 3.20. The second kappa shape index (κ2) is 4.96. The summed E-state index contributed by atoms with van der Waals surface area (Å²) in [6.45, 7) is 2.04. The fourth-order valence-electron chi connectivity index (χ4n) is 1.09. The molecule has 1 aromatic rings. The van der Waals surface area contributed by atoms with E-state index in [0.29, 0.717) is 12.2 Å². The van der Waals surface area contributed by atoms with Crippen LogP contribution in [-0.4, -0.2) is 12.6 Å². The van der Waals surface area contributed by atoms with Crippen LogP contribution in [0.5, 0.6) is 0 Å². The van der Waals surface area contributed by atoms with E-state index in [-0.39, 0.29) is 17.4 Å². The van der Waals surface area contributed by atoms with Gasteiger partial charge in [0.25, 0.3) is 0 Å². The summed E-state index contributed by atoms with van der Waals surface area (Å²) in [5, 5.41) is 0.282. The molecule has 0 amide bonds. The summed E-state index contributed by atoms with van der Waals surface area (Å²) < 4.78 is 17.5. The van der Waals surface area contributed by atoms with Crippen LogP contribution in [0.2, 0.25) is 5.02 Å². The van der Waals surface area contributed by atoms with Crippen LogP contribution < -0.4 is 0 Å². The van der Waals surface area contributed by atoms with Crippen molar-refractivity contribution in [2.45, 2.75) is 13.3 Å². The van der Waals surface area contributed by atoms with Crippen LogP contribution in [0.3, 0.4) is 0 Å². The van der Waals surface area contributed by atoms with Crippen molar-refractivity contribution in [3.8, 4) is 0 Å². The second-order valence-electron chi connectivity index (χ2n) is 2.76. The largest absolute Gasteiger partial charge is 0.466 e. The highest BCUT2D eigenvalue weighted by Gasteiger charge is 2.05. The molecular formula is C10H10ClFO2. The number of rotatable bonds is 3. The van der Waals surface area contributed by atoms with Crippen molar-refractivity contribution in [1.82, 2.24) is 0 Å². The molecule has 0 aliphatic rings. The standard InChI is InChI=1S/C10H10ClFO2/c1-2-14-10(13)5-7-3-8(11)6-9(12)4-7/h3-4,6H,2,5H2,1H3. The predicted octanol–water partition coefficient (Wildman–Crippen LogP) is 2.58. The van der Waals surface area contributed by atoms with Gasteiger partial charge in [0.05, 0.1) is 13.0 Å². The first-order valence-electron chi connectivity index (χ1n) is 4.22. The molecule has 76 valence electrons. The number of hydrogen-bond donors (Lipinski definition) is 0. The molecular weight excluding hydrogens is 207 g/mol. The van der Waals surface area contributed by atoms with Crippen molar-refractivity contribution in [3.63, 3.8) is 0 Å². The molecule has 0 aliphatic carbocycles. The van der Waals surface area contributed by atoms with Gasteiger partial charge < -0.3 is 4.74 Å². The Morgan fingerprint density at radius 2 is 2.21 bits per heavy atom. The highest BCUT2D eigenvalue weighted by atomic mass is 35.5. The summed E-state index contributed by atoms with van der Waals surface area (Å²) in [6.07, 6.45) is 0.0469. The zero-order chi connectivity index (χ0) is 10.6. The highest BCUT2D eigenvalue weighted by molar-refractivity contribution is 6.30. The first-order valence-corrected chi connectivity index (χ1v) is 4.60. The number of halogens is 2. The van der Waals surface area contributed by atoms with Gasteiger partial charge in [-0.2, -0.15) is 0 Å². The smallest absolute Gasteiger partial charge is 0.310 e. The fourth-order valence-corrected chi connectivity index (χ4v) is 1.34. The van der Waals surface area contributed by atoms with E-state index in [1.807, 2.05) is 0 Å². The lowest BCUT2D eigenvalue weighted by atomic mass is 10.1. The zero-order valence-corrected chi connectivity index (χ0v) is 8.47. The molecule has 0 radical (unpaired) electrons. The lowest BCUT2D eigenvalue weighted by molar-refractivity contribution is -0.142. The van der Waals surface area contributed by atoms with Gasteiger partial charge in [0.2, 0.25) is 0 Å². The highest BCUT2D eigenvalue weighted by Crippen LogP contribution is 2.14. The van der Waals surface area contributed by atoms with Crippen molar-refractivity contribution < 1.29 is 13.9 Å². The van der Waals surface area contributed by atoms with Crippen LogP contribution in [0, 0.1) is 5.82 Å². The lowest BCUT2D eigenvalue weighted by Crippen LogP contribution is -2.07. The molecule has 0 unspecified atom stereocenters. The van der Waals surface area contributed by atoms with Crippen molar-refractivity contribution in [2.75, 3.05) is 6.61 Å². The molecule has 2 nitrogen and oxygen atoms in total. The Kier molecular flexibility index (Phi) is 3.89. The Bertz CT molecular complexity index is 319. The molecule has 0 fully saturated rings. The van der Waals surface area contributed by atoms with E-state index in [2.05, 4.69) is 0 Å². The fraction of sp³-hybridized carbons (Fsp3) is 0.300. The maximum Gasteiger partial charge on any atom is 0.310 e. The minimum atomic E-state index is -0.447. The molecule has 0 saturated heterocycles. The topological polar surface area (TPSA) is 26.3 Å². The van der Waals surface area contributed by atoms with Crippen LogP contribution in [-0.2, 0) is 16.0 Å². The Morgan fingerprint density at radius 3 is 2.79 bits per heavy atom. The van der Waals surface area contributed by atoms with Crippen LogP contribution in [0.15, 0.2) is 18.2 Å². The quantitative estimate of drug-likeness (QED) is 0.726. The molecule has 0 heterocycles. The number of hydrogen-bond acceptors (Lipinski definition) is 2. The first-order chi connectivity index (χ1) is 6.61. The first kappa shape index (κ1) is 11.0. The summed E-state index contributed by atoms with van der Waals surface area (Å²) in [6, 6.07) is 4.00. The van der Waals surface area contributed by atoms with E-state index in [0.717, 1.165) is 0 Å². The number of esters is 1. The third kappa shape index (κ3) is 3.34. The van der Waals surface area contributed by atoms with Gasteiger partial charge in [-0.25, -0.2) is 4.39 Å². The lowest BCUT2D eigenvalue weighted by Gasteiger charge is -2.02. The van der Waals surface area contributed by atoms with E-state index in [4.69, 9.17) is 16.3 Å².